The van der Waals surface area contributed by atoms with Gasteiger partial charge in [0.2, 0.25) is 11.8 Å². The maximum Gasteiger partial charge on any atom is 0.231 e. The van der Waals surface area contributed by atoms with Gasteiger partial charge in [-0.15, -0.1) is 0 Å². The van der Waals surface area contributed by atoms with Crippen LogP contribution in [0.1, 0.15) is 5.56 Å². The Bertz CT molecular complexity index is 879. The molecule has 0 aliphatic heterocycles. The minimum atomic E-state index is -0.983. The van der Waals surface area contributed by atoms with Crippen molar-refractivity contribution >= 4 is 23.4 Å². The van der Waals surface area contributed by atoms with Crippen LogP contribution in [0.4, 0.5) is 14.7 Å². The van der Waals surface area contributed by atoms with Crippen LogP contribution in [0.25, 0.3) is 11.3 Å². The monoisotopic (exact) mass is 348 g/mol. The number of hydrogen-bond donors (Lipinski definition) is 1. The third-order valence-corrected chi connectivity index (χ3v) is 3.52. The summed E-state index contributed by atoms with van der Waals surface area (Å²) in [6.45, 7) is 0. The molecule has 0 saturated heterocycles. The highest BCUT2D eigenvalue weighted by atomic mass is 35.5. The summed E-state index contributed by atoms with van der Waals surface area (Å²) in [4.78, 5) is 12.0. The Kier molecular flexibility index (Phi) is 4.57. The van der Waals surface area contributed by atoms with Crippen molar-refractivity contribution in [2.45, 2.75) is 6.42 Å². The van der Waals surface area contributed by atoms with Crippen LogP contribution in [0.3, 0.4) is 0 Å². The minimum absolute atomic E-state index is 0.119. The molecule has 1 aromatic heterocycles. The van der Waals surface area contributed by atoms with Gasteiger partial charge in [-0.1, -0.05) is 28.9 Å². The Morgan fingerprint density at radius 1 is 1.08 bits per heavy atom. The van der Waals surface area contributed by atoms with E-state index in [2.05, 4.69) is 10.5 Å². The van der Waals surface area contributed by atoms with Crippen molar-refractivity contribution in [1.82, 2.24) is 5.16 Å². The lowest BCUT2D eigenvalue weighted by atomic mass is 10.1. The van der Waals surface area contributed by atoms with Gasteiger partial charge in [-0.2, -0.15) is 0 Å². The van der Waals surface area contributed by atoms with Crippen LogP contribution in [0.5, 0.6) is 0 Å². The van der Waals surface area contributed by atoms with Crippen molar-refractivity contribution < 1.29 is 18.1 Å². The highest BCUT2D eigenvalue weighted by Gasteiger charge is 2.12. The predicted octanol–water partition coefficient (Wildman–Crippen LogP) is 4.45. The van der Waals surface area contributed by atoms with Crippen molar-refractivity contribution in [3.63, 3.8) is 0 Å². The van der Waals surface area contributed by atoms with Crippen molar-refractivity contribution in [1.29, 1.82) is 0 Å². The van der Waals surface area contributed by atoms with E-state index < -0.39 is 11.6 Å². The van der Waals surface area contributed by atoms with Gasteiger partial charge < -0.3 is 4.52 Å². The molecule has 0 atom stereocenters. The molecular formula is C17H11ClF2N2O2. The highest BCUT2D eigenvalue weighted by molar-refractivity contribution is 6.30. The molecule has 24 heavy (non-hydrogen) atoms. The summed E-state index contributed by atoms with van der Waals surface area (Å²) in [7, 11) is 0. The number of carbonyl (C=O) groups excluding carboxylic acids is 1. The Morgan fingerprint density at radius 2 is 1.83 bits per heavy atom. The number of amides is 1. The molecule has 122 valence electrons. The van der Waals surface area contributed by atoms with Gasteiger partial charge in [0.1, 0.15) is 5.69 Å². The van der Waals surface area contributed by atoms with Crippen LogP contribution in [0.15, 0.2) is 53.1 Å². The van der Waals surface area contributed by atoms with Crippen LogP contribution in [-0.4, -0.2) is 11.1 Å². The number of nitrogens with zero attached hydrogens (tertiary/aromatic N) is 1. The van der Waals surface area contributed by atoms with Crippen LogP contribution >= 0.6 is 11.6 Å². The molecule has 3 aromatic rings. The number of anilines is 1. The van der Waals surface area contributed by atoms with Gasteiger partial charge in [0.05, 0.1) is 6.42 Å². The first-order valence-electron chi connectivity index (χ1n) is 6.98. The van der Waals surface area contributed by atoms with Crippen molar-refractivity contribution in [2.75, 3.05) is 5.32 Å². The third-order valence-electron chi connectivity index (χ3n) is 3.27. The maximum atomic E-state index is 13.2. The normalized spacial score (nSPS) is 10.6. The number of rotatable bonds is 4. The molecule has 3 rings (SSSR count). The molecule has 0 bridgehead atoms. The lowest BCUT2D eigenvalue weighted by Crippen LogP contribution is -2.13. The van der Waals surface area contributed by atoms with E-state index in [1.165, 1.54) is 12.1 Å². The fraction of sp³-hybridized carbons (Fsp3) is 0.0588. The fourth-order valence-electron chi connectivity index (χ4n) is 2.09. The van der Waals surface area contributed by atoms with Gasteiger partial charge in [0, 0.05) is 16.7 Å². The van der Waals surface area contributed by atoms with Crippen LogP contribution < -0.4 is 5.32 Å². The van der Waals surface area contributed by atoms with E-state index in [1.807, 2.05) is 0 Å². The molecule has 1 N–H and O–H groups in total. The molecule has 7 heteroatoms. The Morgan fingerprint density at radius 3 is 2.54 bits per heavy atom. The van der Waals surface area contributed by atoms with Gasteiger partial charge in [-0.25, -0.2) is 8.78 Å². The predicted molar refractivity (Wildman–Crippen MR) is 85.6 cm³/mol. The van der Waals surface area contributed by atoms with Gasteiger partial charge in [0.25, 0.3) is 0 Å². The number of carbonyl (C=O) groups is 1. The fourth-order valence-corrected chi connectivity index (χ4v) is 2.22. The molecule has 0 aliphatic carbocycles. The van der Waals surface area contributed by atoms with E-state index in [0.29, 0.717) is 10.6 Å². The lowest BCUT2D eigenvalue weighted by molar-refractivity contribution is -0.115. The Hall–Kier alpha value is -2.73. The maximum absolute atomic E-state index is 13.2. The molecular weight excluding hydrogens is 338 g/mol. The summed E-state index contributed by atoms with van der Waals surface area (Å²) in [5.74, 6) is -2.11. The molecule has 0 aliphatic rings. The average molecular weight is 349 g/mol. The standard InChI is InChI=1S/C17H11ClF2N2O2/c18-12-4-1-10(2-5-12)7-16(23)21-17-9-15(22-24-17)11-3-6-13(19)14(20)8-11/h1-6,8-9H,7H2,(H,21,23). The zero-order chi connectivity index (χ0) is 17.1. The van der Waals surface area contributed by atoms with Crippen molar-refractivity contribution in [3.8, 4) is 11.3 Å². The first kappa shape index (κ1) is 16.1. The second-order valence-corrected chi connectivity index (χ2v) is 5.49. The topological polar surface area (TPSA) is 55.1 Å². The largest absolute Gasteiger partial charge is 0.338 e. The van der Waals surface area contributed by atoms with Crippen LogP contribution in [0, 0.1) is 11.6 Å². The van der Waals surface area contributed by atoms with E-state index in [4.69, 9.17) is 16.1 Å². The second kappa shape index (κ2) is 6.80. The quantitative estimate of drug-likeness (QED) is 0.757. The first-order chi connectivity index (χ1) is 11.5. The summed E-state index contributed by atoms with van der Waals surface area (Å²) in [5, 5.41) is 6.87. The van der Waals surface area contributed by atoms with E-state index in [-0.39, 0.29) is 23.9 Å². The number of aromatic nitrogens is 1. The highest BCUT2D eigenvalue weighted by Crippen LogP contribution is 2.23. The summed E-state index contributed by atoms with van der Waals surface area (Å²) in [5.41, 5.74) is 1.42. The van der Waals surface area contributed by atoms with Crippen LogP contribution in [0.2, 0.25) is 5.02 Å². The van der Waals surface area contributed by atoms with Gasteiger partial charge in [0.15, 0.2) is 11.6 Å². The molecule has 1 heterocycles. The number of hydrogen-bond acceptors (Lipinski definition) is 3. The Labute approximate surface area is 141 Å². The summed E-state index contributed by atoms with van der Waals surface area (Å²) in [6, 6.07) is 11.7. The number of nitrogens with one attached hydrogen (secondary N) is 1. The summed E-state index contributed by atoms with van der Waals surface area (Å²) < 4.78 is 31.2. The molecule has 0 saturated carbocycles. The Balaban J connectivity index is 1.68. The zero-order valence-corrected chi connectivity index (χ0v) is 13.0. The molecule has 0 spiro atoms. The molecule has 0 fully saturated rings. The summed E-state index contributed by atoms with van der Waals surface area (Å²) >= 11 is 5.79. The van der Waals surface area contributed by atoms with E-state index in [0.717, 1.165) is 17.7 Å². The van der Waals surface area contributed by atoms with Gasteiger partial charge in [-0.3, -0.25) is 10.1 Å². The summed E-state index contributed by atoms with van der Waals surface area (Å²) in [6.07, 6.45) is 0.137. The van der Waals surface area contributed by atoms with Gasteiger partial charge in [-0.05, 0) is 35.9 Å². The SMILES string of the molecule is O=C(Cc1ccc(Cl)cc1)Nc1cc(-c2ccc(F)c(F)c2)no1. The molecule has 0 unspecified atom stereocenters. The van der Waals surface area contributed by atoms with Gasteiger partial charge >= 0.3 is 0 Å². The second-order valence-electron chi connectivity index (χ2n) is 5.06. The van der Waals surface area contributed by atoms with Crippen molar-refractivity contribution in [3.05, 3.63) is 70.8 Å². The molecule has 4 nitrogen and oxygen atoms in total. The van der Waals surface area contributed by atoms with E-state index in [1.54, 1.807) is 24.3 Å². The molecule has 1 amide bonds. The molecule has 2 aromatic carbocycles. The number of halogens is 3. The smallest absolute Gasteiger partial charge is 0.231 e. The zero-order valence-electron chi connectivity index (χ0n) is 12.2. The van der Waals surface area contributed by atoms with Crippen molar-refractivity contribution in [2.24, 2.45) is 0 Å². The first-order valence-corrected chi connectivity index (χ1v) is 7.35. The lowest BCUT2D eigenvalue weighted by Gasteiger charge is -2.01. The number of benzene rings is 2. The van der Waals surface area contributed by atoms with Crippen LogP contribution in [-0.2, 0) is 11.2 Å². The van der Waals surface area contributed by atoms with E-state index in [9.17, 15) is 13.6 Å². The third kappa shape index (κ3) is 3.78. The van der Waals surface area contributed by atoms with E-state index >= 15 is 0 Å². The minimum Gasteiger partial charge on any atom is -0.338 e. The molecule has 0 radical (unpaired) electrons. The average Bonchev–Trinajstić information content (AvgIpc) is 3.00.